The Hall–Kier alpha value is 0.170. The lowest BCUT2D eigenvalue weighted by molar-refractivity contribution is 0.172. The quantitative estimate of drug-likeness (QED) is 0.908. The van der Waals surface area contributed by atoms with Crippen LogP contribution in [0, 0.1) is 0 Å². The lowest BCUT2D eigenvalue weighted by atomic mass is 10.0. The Morgan fingerprint density at radius 2 is 2.18 bits per heavy atom. The summed E-state index contributed by atoms with van der Waals surface area (Å²) in [5, 5.41) is 12.0. The first-order valence-electron chi connectivity index (χ1n) is 5.89. The molecule has 0 radical (unpaired) electrons. The maximum Gasteiger partial charge on any atom is 0.0919 e. The number of aliphatic hydroxyl groups is 1. The molecule has 1 heterocycles. The Bertz CT molecular complexity index is 372. The number of thioether (sulfide) groups is 2. The summed E-state index contributed by atoms with van der Waals surface area (Å²) < 4.78 is 0. The molecule has 0 amide bonds. The molecule has 3 unspecified atom stereocenters. The molecule has 1 nitrogen and oxygen atoms in total. The zero-order chi connectivity index (χ0) is 12.3. The molecule has 3 atom stereocenters. The zero-order valence-electron chi connectivity index (χ0n) is 9.80. The summed E-state index contributed by atoms with van der Waals surface area (Å²) >= 11 is 9.85. The minimum atomic E-state index is -0.406. The van der Waals surface area contributed by atoms with E-state index in [4.69, 9.17) is 11.6 Å². The fourth-order valence-electron chi connectivity index (χ4n) is 2.11. The molecule has 4 heteroatoms. The third-order valence-electron chi connectivity index (χ3n) is 3.00. The van der Waals surface area contributed by atoms with Gasteiger partial charge in [-0.05, 0) is 24.1 Å². The summed E-state index contributed by atoms with van der Waals surface area (Å²) in [7, 11) is 0. The number of hydrogen-bond donors (Lipinski definition) is 1. The maximum absolute atomic E-state index is 10.5. The molecule has 1 fully saturated rings. The largest absolute Gasteiger partial charge is 0.387 e. The molecule has 0 saturated carbocycles. The van der Waals surface area contributed by atoms with Crippen molar-refractivity contribution >= 4 is 35.1 Å². The highest BCUT2D eigenvalue weighted by atomic mass is 35.5. The highest BCUT2D eigenvalue weighted by Gasteiger charge is 2.31. The summed E-state index contributed by atoms with van der Waals surface area (Å²) in [4.78, 5) is 0. The monoisotopic (exact) mass is 288 g/mol. The summed E-state index contributed by atoms with van der Waals surface area (Å²) in [6.45, 7) is 2.20. The third kappa shape index (κ3) is 3.34. The van der Waals surface area contributed by atoms with E-state index in [2.05, 4.69) is 6.92 Å². The van der Waals surface area contributed by atoms with Gasteiger partial charge in [-0.2, -0.15) is 23.5 Å². The first-order valence-corrected chi connectivity index (χ1v) is 8.36. The second-order valence-electron chi connectivity index (χ2n) is 4.15. The molecule has 17 heavy (non-hydrogen) atoms. The third-order valence-corrected chi connectivity index (χ3v) is 6.57. The van der Waals surface area contributed by atoms with Crippen LogP contribution >= 0.6 is 35.1 Å². The maximum atomic E-state index is 10.5. The van der Waals surface area contributed by atoms with E-state index in [-0.39, 0.29) is 5.25 Å². The van der Waals surface area contributed by atoms with Gasteiger partial charge in [0.15, 0.2) is 0 Å². The van der Waals surface area contributed by atoms with Crippen LogP contribution in [0.15, 0.2) is 24.3 Å². The predicted octanol–water partition coefficient (Wildman–Crippen LogP) is 4.00. The van der Waals surface area contributed by atoms with Gasteiger partial charge in [-0.25, -0.2) is 0 Å². The normalized spacial score (nSPS) is 26.8. The second kappa shape index (κ2) is 6.37. The Morgan fingerprint density at radius 1 is 1.41 bits per heavy atom. The summed E-state index contributed by atoms with van der Waals surface area (Å²) in [6.07, 6.45) is 0.705. The Labute approximate surface area is 116 Å². The predicted molar refractivity (Wildman–Crippen MR) is 79.2 cm³/mol. The first-order chi connectivity index (χ1) is 8.22. The Morgan fingerprint density at radius 3 is 2.88 bits per heavy atom. The van der Waals surface area contributed by atoms with Crippen LogP contribution in [0.4, 0.5) is 0 Å². The summed E-state index contributed by atoms with van der Waals surface area (Å²) in [6, 6.07) is 7.59. The molecule has 1 aromatic rings. The van der Waals surface area contributed by atoms with E-state index in [0.29, 0.717) is 10.3 Å². The number of hydrogen-bond acceptors (Lipinski definition) is 3. The van der Waals surface area contributed by atoms with Crippen molar-refractivity contribution < 1.29 is 5.11 Å². The van der Waals surface area contributed by atoms with Crippen molar-refractivity contribution in [3.8, 4) is 0 Å². The smallest absolute Gasteiger partial charge is 0.0919 e. The van der Waals surface area contributed by atoms with Crippen molar-refractivity contribution in [2.75, 3.05) is 11.5 Å². The van der Waals surface area contributed by atoms with Gasteiger partial charge in [0, 0.05) is 27.0 Å². The fraction of sp³-hybridized carbons (Fsp3) is 0.538. The molecule has 0 spiro atoms. The molecule has 0 bridgehead atoms. The van der Waals surface area contributed by atoms with E-state index >= 15 is 0 Å². The van der Waals surface area contributed by atoms with Gasteiger partial charge in [-0.3, -0.25) is 0 Å². The minimum absolute atomic E-state index is 0.289. The fourth-order valence-corrected chi connectivity index (χ4v) is 5.45. The van der Waals surface area contributed by atoms with Crippen molar-refractivity contribution in [3.63, 3.8) is 0 Å². The zero-order valence-corrected chi connectivity index (χ0v) is 12.2. The lowest BCUT2D eigenvalue weighted by Crippen LogP contribution is -2.31. The second-order valence-corrected chi connectivity index (χ2v) is 7.22. The first kappa shape index (κ1) is 13.6. The molecule has 1 aromatic carbocycles. The highest BCUT2D eigenvalue weighted by Crippen LogP contribution is 2.40. The molecule has 0 aliphatic carbocycles. The van der Waals surface area contributed by atoms with Gasteiger partial charge in [-0.1, -0.05) is 30.7 Å². The van der Waals surface area contributed by atoms with E-state index in [0.717, 1.165) is 17.7 Å². The molecular weight excluding hydrogens is 272 g/mol. The van der Waals surface area contributed by atoms with Crippen LogP contribution < -0.4 is 0 Å². The van der Waals surface area contributed by atoms with Gasteiger partial charge in [-0.15, -0.1) is 0 Å². The Kier molecular flexibility index (Phi) is 5.10. The number of aliphatic hydroxyl groups excluding tert-OH is 1. The standard InChI is InChI=1S/C13H17ClOS2/c1-2-11-13(17-7-6-16-11)12(15)9-4-3-5-10(14)8-9/h3-5,8,11-13,15H,2,6-7H2,1H3. The molecule has 2 rings (SSSR count). The van der Waals surface area contributed by atoms with Gasteiger partial charge in [0.05, 0.1) is 6.10 Å². The van der Waals surface area contributed by atoms with Crippen molar-refractivity contribution in [1.29, 1.82) is 0 Å². The molecule has 1 aliphatic heterocycles. The van der Waals surface area contributed by atoms with Crippen LogP contribution in [0.3, 0.4) is 0 Å². The minimum Gasteiger partial charge on any atom is -0.387 e. The van der Waals surface area contributed by atoms with E-state index in [9.17, 15) is 5.11 Å². The molecular formula is C13H17ClOS2. The van der Waals surface area contributed by atoms with Crippen LogP contribution in [0.5, 0.6) is 0 Å². The highest BCUT2D eigenvalue weighted by molar-refractivity contribution is 8.07. The van der Waals surface area contributed by atoms with E-state index < -0.39 is 6.10 Å². The van der Waals surface area contributed by atoms with Gasteiger partial charge in [0.2, 0.25) is 0 Å². The van der Waals surface area contributed by atoms with Crippen LogP contribution in [0.2, 0.25) is 5.02 Å². The number of halogens is 1. The molecule has 94 valence electrons. The summed E-state index contributed by atoms with van der Waals surface area (Å²) in [5.74, 6) is 2.32. The summed E-state index contributed by atoms with van der Waals surface area (Å²) in [5.41, 5.74) is 0.941. The van der Waals surface area contributed by atoms with Gasteiger partial charge >= 0.3 is 0 Å². The molecule has 1 aliphatic rings. The van der Waals surface area contributed by atoms with Crippen LogP contribution in [0.25, 0.3) is 0 Å². The van der Waals surface area contributed by atoms with E-state index in [1.165, 1.54) is 5.75 Å². The van der Waals surface area contributed by atoms with Crippen molar-refractivity contribution in [2.24, 2.45) is 0 Å². The molecule has 0 aromatic heterocycles. The number of benzene rings is 1. The Balaban J connectivity index is 2.15. The van der Waals surface area contributed by atoms with Crippen LogP contribution in [-0.4, -0.2) is 27.1 Å². The van der Waals surface area contributed by atoms with Gasteiger partial charge in [0.1, 0.15) is 0 Å². The average Bonchev–Trinajstić information content (AvgIpc) is 2.38. The topological polar surface area (TPSA) is 20.2 Å². The van der Waals surface area contributed by atoms with Crippen molar-refractivity contribution in [2.45, 2.75) is 29.9 Å². The van der Waals surface area contributed by atoms with Gasteiger partial charge in [0.25, 0.3) is 0 Å². The molecule has 1 saturated heterocycles. The number of rotatable bonds is 3. The SMILES string of the molecule is CCC1SCCSC1C(O)c1cccc(Cl)c1. The molecule has 1 N–H and O–H groups in total. The van der Waals surface area contributed by atoms with Gasteiger partial charge < -0.3 is 5.11 Å². The average molecular weight is 289 g/mol. The van der Waals surface area contributed by atoms with Crippen LogP contribution in [0.1, 0.15) is 25.0 Å². The van der Waals surface area contributed by atoms with E-state index in [1.54, 1.807) is 0 Å². The van der Waals surface area contributed by atoms with E-state index in [1.807, 2.05) is 47.8 Å². The van der Waals surface area contributed by atoms with Crippen molar-refractivity contribution in [1.82, 2.24) is 0 Å². The lowest BCUT2D eigenvalue weighted by Gasteiger charge is -2.33. The van der Waals surface area contributed by atoms with Crippen LogP contribution in [-0.2, 0) is 0 Å². The van der Waals surface area contributed by atoms with Crippen molar-refractivity contribution in [3.05, 3.63) is 34.9 Å².